The predicted octanol–water partition coefficient (Wildman–Crippen LogP) is 9.14. The number of imide groups is 1. The van der Waals surface area contributed by atoms with Gasteiger partial charge >= 0.3 is 5.97 Å². The van der Waals surface area contributed by atoms with Crippen LogP contribution in [-0.4, -0.2) is 33.4 Å². The number of esters is 1. The van der Waals surface area contributed by atoms with Crippen LogP contribution in [0.1, 0.15) is 23.6 Å². The fraction of sp³-hybridized carbons (Fsp3) is 0.222. The summed E-state index contributed by atoms with van der Waals surface area (Å²) in [5.41, 5.74) is 1.70. The van der Waals surface area contributed by atoms with Crippen LogP contribution in [0.25, 0.3) is 0 Å². The number of ether oxygens (including phenoxy) is 2. The van der Waals surface area contributed by atoms with Crippen molar-refractivity contribution in [2.75, 3.05) is 6.61 Å². The second kappa shape index (κ2) is 13.2. The minimum atomic E-state index is -1.13. The van der Waals surface area contributed by atoms with Gasteiger partial charge in [0.25, 0.3) is 5.24 Å². The van der Waals surface area contributed by atoms with Gasteiger partial charge in [-0.05, 0) is 73.1 Å². The zero-order chi connectivity index (χ0) is 29.2. The fourth-order valence-corrected chi connectivity index (χ4v) is 7.45. The van der Waals surface area contributed by atoms with Crippen LogP contribution in [0.4, 0.5) is 4.79 Å². The van der Waals surface area contributed by atoms with E-state index in [9.17, 15) is 14.4 Å². The third-order valence-corrected chi connectivity index (χ3v) is 9.71. The number of halogens is 6. The molecule has 1 fully saturated rings. The van der Waals surface area contributed by atoms with E-state index in [4.69, 9.17) is 55.9 Å². The van der Waals surface area contributed by atoms with Crippen molar-refractivity contribution >= 4 is 107 Å². The molecule has 0 spiro atoms. The van der Waals surface area contributed by atoms with E-state index in [0.717, 1.165) is 21.1 Å². The van der Waals surface area contributed by atoms with E-state index in [1.54, 1.807) is 49.4 Å². The minimum Gasteiger partial charge on any atom is -0.482 e. The zero-order valence-corrected chi connectivity index (χ0v) is 27.6. The number of carbonyl (C=O) groups excluding carboxylic acids is 3. The Bertz CT molecular complexity index is 1490. The zero-order valence-electron chi connectivity index (χ0n) is 20.6. The Labute approximate surface area is 271 Å². The topological polar surface area (TPSA) is 72.9 Å². The summed E-state index contributed by atoms with van der Waals surface area (Å²) < 4.78 is 10.8. The van der Waals surface area contributed by atoms with E-state index in [1.165, 1.54) is 6.07 Å². The third kappa shape index (κ3) is 6.94. The molecule has 0 aliphatic carbocycles. The Morgan fingerprint density at radius 1 is 0.975 bits per heavy atom. The highest BCUT2D eigenvalue weighted by Gasteiger charge is 2.49. The quantitative estimate of drug-likeness (QED) is 0.123. The Morgan fingerprint density at radius 3 is 2.30 bits per heavy atom. The number of benzene rings is 3. The van der Waals surface area contributed by atoms with Crippen molar-refractivity contribution in [3.8, 4) is 11.5 Å². The van der Waals surface area contributed by atoms with Crippen molar-refractivity contribution in [2.24, 2.45) is 0 Å². The Hall–Kier alpha value is -1.46. The number of nitrogens with zero attached hydrogens (tertiary/aromatic N) is 1. The first-order chi connectivity index (χ1) is 18.9. The summed E-state index contributed by atoms with van der Waals surface area (Å²) in [5, 5.41) is 1.37. The maximum atomic E-state index is 13.5. The number of alkyl halides is 1. The third-order valence-electron chi connectivity index (χ3n) is 6.01. The number of hydrogen-bond donors (Lipinski definition) is 0. The highest BCUT2D eigenvalue weighted by atomic mass is 79.9. The summed E-state index contributed by atoms with van der Waals surface area (Å²) in [6.45, 7) is 1.22. The lowest BCUT2D eigenvalue weighted by molar-refractivity contribution is -0.136. The molecule has 0 saturated carbocycles. The molecule has 1 aliphatic heterocycles. The molecule has 1 saturated heterocycles. The van der Waals surface area contributed by atoms with Crippen LogP contribution in [0.5, 0.6) is 11.5 Å². The number of hydrogen-bond acceptors (Lipinski definition) is 6. The van der Waals surface area contributed by atoms with Crippen molar-refractivity contribution in [3.63, 3.8) is 0 Å². The van der Waals surface area contributed by atoms with Gasteiger partial charge in [0.1, 0.15) is 16.2 Å². The molecule has 1 aliphatic rings. The highest BCUT2D eigenvalue weighted by molar-refractivity contribution is 9.10. The van der Waals surface area contributed by atoms with Gasteiger partial charge in [0, 0.05) is 36.0 Å². The summed E-state index contributed by atoms with van der Waals surface area (Å²) in [4.78, 5) is 40.1. The molecule has 3 aromatic carbocycles. The second-order valence-corrected chi connectivity index (χ2v) is 13.4. The number of amides is 2. The lowest BCUT2D eigenvalue weighted by atomic mass is 9.98. The van der Waals surface area contributed by atoms with E-state index < -0.39 is 22.6 Å². The average Bonchev–Trinajstić information content (AvgIpc) is 3.10. The molecule has 1 heterocycles. The van der Waals surface area contributed by atoms with Crippen LogP contribution < -0.4 is 9.47 Å². The van der Waals surface area contributed by atoms with Crippen molar-refractivity contribution in [3.05, 3.63) is 89.8 Å². The van der Waals surface area contributed by atoms with E-state index in [2.05, 4.69) is 31.9 Å². The summed E-state index contributed by atoms with van der Waals surface area (Å²) in [6.07, 6.45) is 0.149. The summed E-state index contributed by atoms with van der Waals surface area (Å²) in [6, 6.07) is 13.3. The summed E-state index contributed by atoms with van der Waals surface area (Å²) >= 11 is 32.6. The number of thioether (sulfide) groups is 1. The smallest absolute Gasteiger partial charge is 0.349 e. The molecule has 6 nitrogen and oxygen atoms in total. The van der Waals surface area contributed by atoms with Crippen LogP contribution in [0.2, 0.25) is 20.1 Å². The average molecular weight is 771 g/mol. The van der Waals surface area contributed by atoms with Crippen LogP contribution in [0.15, 0.2) is 53.0 Å². The van der Waals surface area contributed by atoms with Gasteiger partial charge in [-0.3, -0.25) is 14.5 Å². The van der Waals surface area contributed by atoms with Gasteiger partial charge in [-0.1, -0.05) is 84.3 Å². The lowest BCUT2D eigenvalue weighted by Crippen LogP contribution is -2.38. The molecule has 3 aromatic rings. The minimum absolute atomic E-state index is 0.0451. The first-order valence-electron chi connectivity index (χ1n) is 11.6. The van der Waals surface area contributed by atoms with Crippen LogP contribution >= 0.6 is 90.0 Å². The van der Waals surface area contributed by atoms with Crippen molar-refractivity contribution in [1.82, 2.24) is 4.90 Å². The van der Waals surface area contributed by atoms with Gasteiger partial charge < -0.3 is 9.47 Å². The van der Waals surface area contributed by atoms with E-state index in [-0.39, 0.29) is 29.6 Å². The molecule has 4 rings (SSSR count). The fourth-order valence-electron chi connectivity index (χ4n) is 4.01. The standard InChI is InChI=1S/C27H19Br2Cl4NO5S/c1-27(25(36)34(26(37)40-27)12-17-18(30)3-2-4-19(17)31)10-14-9-15(29)5-7-21(14)38-13-23(35)39-22-8-6-20(32)16(11-28)24(22)33/h2-9H,10-13H2,1H3. The molecule has 1 atom stereocenters. The molecule has 2 amide bonds. The maximum absolute atomic E-state index is 13.5. The monoisotopic (exact) mass is 767 g/mol. The normalized spacial score (nSPS) is 16.9. The van der Waals surface area contributed by atoms with Crippen molar-refractivity contribution in [2.45, 2.75) is 30.0 Å². The Kier molecular flexibility index (Phi) is 10.4. The van der Waals surface area contributed by atoms with Crippen molar-refractivity contribution in [1.29, 1.82) is 0 Å². The van der Waals surface area contributed by atoms with Gasteiger partial charge in [0.05, 0.1) is 11.6 Å². The first-order valence-corrected chi connectivity index (χ1v) is 15.8. The SMILES string of the molecule is CC1(Cc2cc(Br)ccc2OCC(=O)Oc2ccc(Cl)c(CBr)c2Cl)SC(=O)N(Cc2c(Cl)cccc2Cl)C1=O. The molecule has 0 bridgehead atoms. The highest BCUT2D eigenvalue weighted by Crippen LogP contribution is 2.43. The second-order valence-electron chi connectivity index (χ2n) is 8.85. The molecular weight excluding hydrogens is 752 g/mol. The van der Waals surface area contributed by atoms with E-state index in [1.807, 2.05) is 0 Å². The summed E-state index contributed by atoms with van der Waals surface area (Å²) in [5.74, 6) is -0.557. The molecule has 1 unspecified atom stereocenters. The maximum Gasteiger partial charge on any atom is 0.349 e. The van der Waals surface area contributed by atoms with Gasteiger partial charge in [0.2, 0.25) is 5.91 Å². The molecule has 40 heavy (non-hydrogen) atoms. The largest absolute Gasteiger partial charge is 0.482 e. The number of carbonyl (C=O) groups is 3. The van der Waals surface area contributed by atoms with Crippen LogP contribution in [-0.2, 0) is 27.9 Å². The lowest BCUT2D eigenvalue weighted by Gasteiger charge is -2.23. The molecule has 0 radical (unpaired) electrons. The van der Waals surface area contributed by atoms with Crippen LogP contribution in [0.3, 0.4) is 0 Å². The molecule has 0 aromatic heterocycles. The Balaban J connectivity index is 1.48. The molecule has 13 heteroatoms. The number of rotatable bonds is 9. The molecule has 210 valence electrons. The van der Waals surface area contributed by atoms with Gasteiger partial charge in [-0.25, -0.2) is 4.79 Å². The van der Waals surface area contributed by atoms with Gasteiger partial charge in [-0.15, -0.1) is 0 Å². The van der Waals surface area contributed by atoms with E-state index >= 15 is 0 Å². The molecule has 0 N–H and O–H groups in total. The molecular formula is C27H19Br2Cl4NO5S. The van der Waals surface area contributed by atoms with Crippen molar-refractivity contribution < 1.29 is 23.9 Å². The predicted molar refractivity (Wildman–Crippen MR) is 166 cm³/mol. The van der Waals surface area contributed by atoms with E-state index in [0.29, 0.717) is 42.8 Å². The first kappa shape index (κ1) is 31.5. The van der Waals surface area contributed by atoms with Crippen LogP contribution in [0, 0.1) is 0 Å². The van der Waals surface area contributed by atoms with Gasteiger partial charge in [0.15, 0.2) is 6.61 Å². The summed E-state index contributed by atoms with van der Waals surface area (Å²) in [7, 11) is 0. The Morgan fingerprint density at radius 2 is 1.62 bits per heavy atom. The van der Waals surface area contributed by atoms with Gasteiger partial charge in [-0.2, -0.15) is 0 Å².